The molecule has 7 heteroatoms. The van der Waals surface area contributed by atoms with Gasteiger partial charge in [-0.25, -0.2) is 5.01 Å². The molecule has 30 heavy (non-hydrogen) atoms. The lowest BCUT2D eigenvalue weighted by atomic mass is 9.97. The largest absolute Gasteiger partial charge is 0.493 e. The molecule has 0 aliphatic carbocycles. The van der Waals surface area contributed by atoms with E-state index in [-0.39, 0.29) is 12.3 Å². The minimum Gasteiger partial charge on any atom is -0.493 e. The van der Waals surface area contributed by atoms with Crippen molar-refractivity contribution in [2.45, 2.75) is 25.6 Å². The highest BCUT2D eigenvalue weighted by molar-refractivity contribution is 9.10. The average molecular weight is 485 g/mol. The zero-order valence-electron chi connectivity index (χ0n) is 16.7. The van der Waals surface area contributed by atoms with E-state index >= 15 is 0 Å². The van der Waals surface area contributed by atoms with Crippen LogP contribution in [0.15, 0.2) is 63.5 Å². The molecule has 3 aromatic rings. The van der Waals surface area contributed by atoms with E-state index in [1.807, 2.05) is 31.2 Å². The van der Waals surface area contributed by atoms with Gasteiger partial charge < -0.3 is 14.2 Å². The Morgan fingerprint density at radius 2 is 2.10 bits per heavy atom. The molecule has 2 aromatic carbocycles. The van der Waals surface area contributed by atoms with Crippen molar-refractivity contribution in [3.05, 3.63) is 74.4 Å². The normalized spacial score (nSPS) is 19.6. The van der Waals surface area contributed by atoms with Crippen LogP contribution in [0.3, 0.4) is 0 Å². The third-order valence-corrected chi connectivity index (χ3v) is 6.84. The van der Waals surface area contributed by atoms with E-state index in [9.17, 15) is 0 Å². The van der Waals surface area contributed by atoms with Crippen molar-refractivity contribution in [2.24, 2.45) is 5.10 Å². The van der Waals surface area contributed by atoms with Crippen LogP contribution in [-0.2, 0) is 0 Å². The Labute approximate surface area is 188 Å². The van der Waals surface area contributed by atoms with Crippen molar-refractivity contribution in [1.82, 2.24) is 5.01 Å². The van der Waals surface area contributed by atoms with Gasteiger partial charge in [0, 0.05) is 17.5 Å². The third kappa shape index (κ3) is 3.26. The van der Waals surface area contributed by atoms with Crippen molar-refractivity contribution >= 4 is 33.0 Å². The zero-order valence-corrected chi connectivity index (χ0v) is 19.1. The smallest absolute Gasteiger partial charge is 0.214 e. The summed E-state index contributed by atoms with van der Waals surface area (Å²) < 4.78 is 18.7. The van der Waals surface area contributed by atoms with Gasteiger partial charge in [0.2, 0.25) is 6.23 Å². The van der Waals surface area contributed by atoms with Gasteiger partial charge in [0.25, 0.3) is 0 Å². The summed E-state index contributed by atoms with van der Waals surface area (Å²) in [4.78, 5) is 1.20. The van der Waals surface area contributed by atoms with E-state index in [2.05, 4.69) is 50.6 Å². The van der Waals surface area contributed by atoms with Gasteiger partial charge in [-0.1, -0.05) is 24.3 Å². The molecular weight excluding hydrogens is 464 g/mol. The molecule has 0 saturated heterocycles. The molecule has 0 spiro atoms. The number of thiophene rings is 1. The summed E-state index contributed by atoms with van der Waals surface area (Å²) in [5, 5.41) is 9.17. The molecule has 0 N–H and O–H groups in total. The summed E-state index contributed by atoms with van der Waals surface area (Å²) in [5.41, 5.74) is 3.22. The van der Waals surface area contributed by atoms with Crippen LogP contribution in [0.5, 0.6) is 17.2 Å². The molecule has 154 valence electrons. The minimum atomic E-state index is -0.358. The molecule has 1 aromatic heterocycles. The number of rotatable bonds is 5. The lowest BCUT2D eigenvalue weighted by molar-refractivity contribution is -0.0192. The summed E-state index contributed by atoms with van der Waals surface area (Å²) in [6, 6.07) is 16.6. The number of benzene rings is 2. The van der Waals surface area contributed by atoms with E-state index in [1.165, 1.54) is 10.4 Å². The van der Waals surface area contributed by atoms with Gasteiger partial charge in [-0.2, -0.15) is 5.10 Å². The second kappa shape index (κ2) is 7.96. The molecule has 3 heterocycles. The topological polar surface area (TPSA) is 43.3 Å². The predicted octanol–water partition coefficient (Wildman–Crippen LogP) is 6.16. The van der Waals surface area contributed by atoms with Gasteiger partial charge in [-0.05, 0) is 52.5 Å². The Morgan fingerprint density at radius 3 is 2.87 bits per heavy atom. The summed E-state index contributed by atoms with van der Waals surface area (Å²) in [5.74, 6) is 2.26. The summed E-state index contributed by atoms with van der Waals surface area (Å²) in [7, 11) is 1.65. The predicted molar refractivity (Wildman–Crippen MR) is 122 cm³/mol. The van der Waals surface area contributed by atoms with Gasteiger partial charge in [0.05, 0.1) is 34.8 Å². The van der Waals surface area contributed by atoms with Crippen LogP contribution in [0.1, 0.15) is 41.6 Å². The summed E-state index contributed by atoms with van der Waals surface area (Å²) >= 11 is 5.36. The lowest BCUT2D eigenvalue weighted by Gasteiger charge is -2.38. The van der Waals surface area contributed by atoms with Crippen LogP contribution in [0, 0.1) is 0 Å². The first kappa shape index (κ1) is 19.5. The van der Waals surface area contributed by atoms with Crippen molar-refractivity contribution < 1.29 is 14.2 Å². The zero-order chi connectivity index (χ0) is 20.7. The first-order chi connectivity index (χ1) is 14.7. The Bertz CT molecular complexity index is 1100. The fourth-order valence-corrected chi connectivity index (χ4v) is 5.31. The second-order valence-electron chi connectivity index (χ2n) is 7.10. The van der Waals surface area contributed by atoms with Gasteiger partial charge in [-0.3, -0.25) is 0 Å². The monoisotopic (exact) mass is 484 g/mol. The molecule has 0 fully saturated rings. The first-order valence-electron chi connectivity index (χ1n) is 9.85. The van der Waals surface area contributed by atoms with Crippen LogP contribution in [0.2, 0.25) is 0 Å². The van der Waals surface area contributed by atoms with Crippen molar-refractivity contribution in [3.63, 3.8) is 0 Å². The molecule has 0 saturated carbocycles. The number of nitrogens with zero attached hydrogens (tertiary/aromatic N) is 2. The highest BCUT2D eigenvalue weighted by atomic mass is 79.9. The average Bonchev–Trinajstić information content (AvgIpc) is 3.44. The Kier molecular flexibility index (Phi) is 5.16. The van der Waals surface area contributed by atoms with Crippen LogP contribution < -0.4 is 14.2 Å². The molecule has 5 rings (SSSR count). The number of para-hydroxylation sites is 1. The molecule has 0 bridgehead atoms. The maximum absolute atomic E-state index is 6.46. The van der Waals surface area contributed by atoms with E-state index in [4.69, 9.17) is 19.3 Å². The lowest BCUT2D eigenvalue weighted by Crippen LogP contribution is -2.33. The van der Waals surface area contributed by atoms with Crippen LogP contribution in [0.25, 0.3) is 0 Å². The van der Waals surface area contributed by atoms with Crippen molar-refractivity contribution in [1.29, 1.82) is 0 Å². The number of hydrogen-bond donors (Lipinski definition) is 0. The number of fused-ring (bicyclic) bond motifs is 3. The van der Waals surface area contributed by atoms with Gasteiger partial charge in [0.1, 0.15) is 5.75 Å². The number of methoxy groups -OCH3 is 1. The van der Waals surface area contributed by atoms with E-state index < -0.39 is 0 Å². The number of hydrazone groups is 1. The van der Waals surface area contributed by atoms with Crippen LogP contribution in [0.4, 0.5) is 0 Å². The van der Waals surface area contributed by atoms with Crippen LogP contribution >= 0.6 is 27.3 Å². The quantitative estimate of drug-likeness (QED) is 0.434. The van der Waals surface area contributed by atoms with Crippen LogP contribution in [-0.4, -0.2) is 24.4 Å². The maximum Gasteiger partial charge on any atom is 0.214 e. The number of ether oxygens (including phenoxy) is 3. The maximum atomic E-state index is 6.46. The molecule has 2 aliphatic rings. The second-order valence-corrected chi connectivity index (χ2v) is 8.90. The fourth-order valence-electron chi connectivity index (χ4n) is 4.01. The minimum absolute atomic E-state index is 0.133. The van der Waals surface area contributed by atoms with E-state index in [1.54, 1.807) is 18.4 Å². The highest BCUT2D eigenvalue weighted by Crippen LogP contribution is 2.49. The third-order valence-electron chi connectivity index (χ3n) is 5.33. The van der Waals surface area contributed by atoms with Gasteiger partial charge >= 0.3 is 0 Å². The fraction of sp³-hybridized carbons (Fsp3) is 0.261. The summed E-state index contributed by atoms with van der Waals surface area (Å²) in [6.07, 6.45) is 0.496. The molecule has 5 nitrogen and oxygen atoms in total. The summed E-state index contributed by atoms with van der Waals surface area (Å²) in [6.45, 7) is 2.51. The van der Waals surface area contributed by atoms with E-state index in [0.717, 1.165) is 27.9 Å². The standard InChI is InChI=1S/C23H21BrN2O3S/c1-3-28-22-16(24)11-14(12-20(22)27-2)23-26-18(15-7-4-5-8-19(15)29-23)13-17(25-26)21-9-6-10-30-21/h4-12,18,23H,3,13H2,1-2H3/t18-,23-/m1/s1. The highest BCUT2D eigenvalue weighted by Gasteiger charge is 2.41. The van der Waals surface area contributed by atoms with E-state index in [0.29, 0.717) is 18.1 Å². The van der Waals surface area contributed by atoms with Crippen molar-refractivity contribution in [2.75, 3.05) is 13.7 Å². The molecule has 0 amide bonds. The Balaban J connectivity index is 1.60. The van der Waals surface area contributed by atoms with Gasteiger partial charge in [0.15, 0.2) is 11.5 Å². The molecule has 2 atom stereocenters. The molecule has 0 unspecified atom stereocenters. The molecule has 0 radical (unpaired) electrons. The van der Waals surface area contributed by atoms with Crippen molar-refractivity contribution in [3.8, 4) is 17.2 Å². The Hall–Kier alpha value is -2.51. The molecule has 2 aliphatic heterocycles. The van der Waals surface area contributed by atoms with Gasteiger partial charge in [-0.15, -0.1) is 11.3 Å². The molecular formula is C23H21BrN2O3S. The first-order valence-corrected chi connectivity index (χ1v) is 11.5. The Morgan fingerprint density at radius 1 is 1.23 bits per heavy atom. The number of hydrogen-bond acceptors (Lipinski definition) is 6. The SMILES string of the molecule is CCOc1c(Br)cc([C@H]2Oc3ccccc3[C@H]3CC(c4cccs4)=NN32)cc1OC. The number of halogens is 1.